The molecule has 2 aromatic carbocycles. The minimum atomic E-state index is -4.27. The maximum atomic E-state index is 12.6. The third kappa shape index (κ3) is 5.31. The lowest BCUT2D eigenvalue weighted by molar-refractivity contribution is -0.111. The number of carbonyl (C=O) groups is 1. The maximum Gasteiger partial charge on any atom is 0.282 e. The van der Waals surface area contributed by atoms with E-state index in [1.54, 1.807) is 0 Å². The summed E-state index contributed by atoms with van der Waals surface area (Å²) in [5, 5.41) is -0.414. The summed E-state index contributed by atoms with van der Waals surface area (Å²) >= 11 is 23.4. The van der Waals surface area contributed by atoms with E-state index in [1.165, 1.54) is 48.5 Å². The van der Waals surface area contributed by atoms with Crippen molar-refractivity contribution in [2.24, 2.45) is 4.40 Å². The number of Topliss-reactive ketones (excluding diaryl/α,β-unsaturated/α-hetero) is 1. The molecule has 0 atom stereocenters. The van der Waals surface area contributed by atoms with Gasteiger partial charge in [-0.15, -0.1) is 0 Å². The van der Waals surface area contributed by atoms with Crippen molar-refractivity contribution in [3.8, 4) is 0 Å². The van der Waals surface area contributed by atoms with Gasteiger partial charge in [0.15, 0.2) is 0 Å². The lowest BCUT2D eigenvalue weighted by atomic mass is 10.1. The van der Waals surface area contributed by atoms with Crippen molar-refractivity contribution in [1.29, 1.82) is 0 Å². The number of hydrogen-bond donors (Lipinski definition) is 1. The molecule has 7 nitrogen and oxygen atoms in total. The first-order valence-corrected chi connectivity index (χ1v) is 12.6. The largest absolute Gasteiger partial charge is 0.286 e. The molecule has 0 fully saturated rings. The summed E-state index contributed by atoms with van der Waals surface area (Å²) < 4.78 is 56.0. The zero-order chi connectivity index (χ0) is 23.0. The van der Waals surface area contributed by atoms with Crippen LogP contribution in [-0.2, 0) is 24.8 Å². The fourth-order valence-electron chi connectivity index (χ4n) is 2.34. The molecule has 0 amide bonds. The molecule has 0 saturated heterocycles. The number of allylic oxidation sites excluding steroid dienone is 3. The van der Waals surface area contributed by atoms with Gasteiger partial charge in [0, 0.05) is 10.0 Å². The zero-order valence-corrected chi connectivity index (χ0v) is 19.7. The van der Waals surface area contributed by atoms with Crippen LogP contribution in [0.3, 0.4) is 0 Å². The zero-order valence-electron chi connectivity index (χ0n) is 15.0. The molecule has 1 aliphatic carbocycles. The molecule has 0 aromatic heterocycles. The van der Waals surface area contributed by atoms with E-state index >= 15 is 0 Å². The van der Waals surface area contributed by atoms with E-state index in [2.05, 4.69) is 9.12 Å². The van der Waals surface area contributed by atoms with E-state index in [-0.39, 0.29) is 9.79 Å². The molecule has 1 N–H and O–H groups in total. The van der Waals surface area contributed by atoms with Crippen molar-refractivity contribution < 1.29 is 21.6 Å². The van der Waals surface area contributed by atoms with Gasteiger partial charge >= 0.3 is 0 Å². The molecule has 0 radical (unpaired) electrons. The van der Waals surface area contributed by atoms with E-state index in [1.807, 2.05) is 0 Å². The van der Waals surface area contributed by atoms with Crippen LogP contribution in [0.4, 0.5) is 0 Å². The third-order valence-corrected chi connectivity index (χ3v) is 7.87. The smallest absolute Gasteiger partial charge is 0.282 e. The van der Waals surface area contributed by atoms with Crippen LogP contribution >= 0.6 is 46.4 Å². The summed E-state index contributed by atoms with van der Waals surface area (Å²) in [6, 6.07) is 10.3. The van der Waals surface area contributed by atoms with Crippen molar-refractivity contribution in [1.82, 2.24) is 4.72 Å². The van der Waals surface area contributed by atoms with Gasteiger partial charge < -0.3 is 0 Å². The Kier molecular flexibility index (Phi) is 6.85. The number of ketones is 1. The third-order valence-electron chi connectivity index (χ3n) is 3.84. The fraction of sp³-hybridized carbons (Fsp3) is 0. The van der Waals surface area contributed by atoms with Gasteiger partial charge in [-0.2, -0.15) is 12.8 Å². The van der Waals surface area contributed by atoms with Gasteiger partial charge in [-0.25, -0.2) is 8.42 Å². The van der Waals surface area contributed by atoms with Crippen LogP contribution in [0.15, 0.2) is 84.6 Å². The molecule has 0 aliphatic heterocycles. The molecule has 0 heterocycles. The van der Waals surface area contributed by atoms with Crippen LogP contribution in [0.1, 0.15) is 0 Å². The van der Waals surface area contributed by atoms with E-state index in [0.717, 1.165) is 6.08 Å². The van der Waals surface area contributed by atoms with Crippen LogP contribution in [0.2, 0.25) is 10.0 Å². The van der Waals surface area contributed by atoms with Crippen LogP contribution in [0.5, 0.6) is 0 Å². The number of hydrogen-bond acceptors (Lipinski definition) is 5. The second-order valence-corrected chi connectivity index (χ2v) is 10.9. The highest BCUT2D eigenvalue weighted by molar-refractivity contribution is 7.90. The highest BCUT2D eigenvalue weighted by Gasteiger charge is 2.30. The van der Waals surface area contributed by atoms with Crippen LogP contribution < -0.4 is 4.72 Å². The normalized spacial score (nSPS) is 16.5. The number of nitrogens with one attached hydrogen (secondary N) is 1. The first-order valence-electron chi connectivity index (χ1n) is 8.12. The monoisotopic (exact) mass is 538 g/mol. The Hall–Kier alpha value is -1.88. The van der Waals surface area contributed by atoms with Gasteiger partial charge in [-0.3, -0.25) is 9.52 Å². The summed E-state index contributed by atoms with van der Waals surface area (Å²) in [4.78, 5) is 12.0. The molecule has 0 saturated carbocycles. The van der Waals surface area contributed by atoms with Crippen molar-refractivity contribution in [2.45, 2.75) is 9.79 Å². The predicted octanol–water partition coefficient (Wildman–Crippen LogP) is 4.26. The average molecular weight is 540 g/mol. The first kappa shape index (κ1) is 23.8. The minimum absolute atomic E-state index is 0.186. The fourth-order valence-corrected chi connectivity index (χ4v) is 5.07. The van der Waals surface area contributed by atoms with Crippen molar-refractivity contribution in [3.63, 3.8) is 0 Å². The Morgan fingerprint density at radius 1 is 0.710 bits per heavy atom. The van der Waals surface area contributed by atoms with Crippen LogP contribution in [0.25, 0.3) is 0 Å². The number of nitrogens with zero attached hydrogens (tertiary/aromatic N) is 1. The van der Waals surface area contributed by atoms with Gasteiger partial charge in [0.05, 0.1) is 20.5 Å². The Morgan fingerprint density at radius 3 is 1.71 bits per heavy atom. The lowest BCUT2D eigenvalue weighted by Gasteiger charge is -2.16. The van der Waals surface area contributed by atoms with Crippen molar-refractivity contribution in [3.05, 3.63) is 80.4 Å². The number of carbonyl (C=O) groups excluding carboxylic acids is 1. The molecule has 0 unspecified atom stereocenters. The van der Waals surface area contributed by atoms with Gasteiger partial charge in [-0.05, 0) is 54.6 Å². The SMILES string of the molecule is O=C1C(NS(=O)(=O)c2ccc(Cl)cc2)=CC(=NS(=O)(=O)c2ccc(Cl)cc2)C(Cl)=C1Cl. The number of sulfonamides is 2. The van der Waals surface area contributed by atoms with E-state index in [9.17, 15) is 21.6 Å². The van der Waals surface area contributed by atoms with Crippen LogP contribution in [-0.4, -0.2) is 28.3 Å². The maximum absolute atomic E-state index is 12.6. The predicted molar refractivity (Wildman–Crippen MR) is 120 cm³/mol. The Bertz CT molecular complexity index is 1360. The van der Waals surface area contributed by atoms with Gasteiger partial charge in [0.1, 0.15) is 10.7 Å². The molecule has 13 heteroatoms. The summed E-state index contributed by atoms with van der Waals surface area (Å²) in [6.45, 7) is 0. The summed E-state index contributed by atoms with van der Waals surface area (Å²) in [5.74, 6) is -0.952. The topological polar surface area (TPSA) is 110 Å². The molecule has 31 heavy (non-hydrogen) atoms. The second kappa shape index (κ2) is 8.93. The van der Waals surface area contributed by atoms with Gasteiger partial charge in [-0.1, -0.05) is 46.4 Å². The van der Waals surface area contributed by atoms with Gasteiger partial charge in [0.25, 0.3) is 20.0 Å². The van der Waals surface area contributed by atoms with E-state index < -0.39 is 47.3 Å². The van der Waals surface area contributed by atoms with Gasteiger partial charge in [0.2, 0.25) is 5.78 Å². The average Bonchev–Trinajstić information content (AvgIpc) is 2.70. The number of benzene rings is 2. The van der Waals surface area contributed by atoms with Crippen molar-refractivity contribution in [2.75, 3.05) is 0 Å². The van der Waals surface area contributed by atoms with Crippen LogP contribution in [0, 0.1) is 0 Å². The highest BCUT2D eigenvalue weighted by Crippen LogP contribution is 2.28. The lowest BCUT2D eigenvalue weighted by Crippen LogP contribution is -2.31. The molecule has 3 rings (SSSR count). The Morgan fingerprint density at radius 2 is 1.19 bits per heavy atom. The molecule has 0 bridgehead atoms. The minimum Gasteiger partial charge on any atom is -0.286 e. The first-order chi connectivity index (χ1) is 14.4. The second-order valence-electron chi connectivity index (χ2n) is 5.98. The quantitative estimate of drug-likeness (QED) is 0.571. The molecule has 1 aliphatic rings. The molecule has 162 valence electrons. The Labute approximate surface area is 198 Å². The molecular weight excluding hydrogens is 530 g/mol. The summed E-state index contributed by atoms with van der Waals surface area (Å²) in [7, 11) is -8.49. The summed E-state index contributed by atoms with van der Waals surface area (Å²) in [6.07, 6.45) is 0.886. The van der Waals surface area contributed by atoms with E-state index in [0.29, 0.717) is 10.0 Å². The molecular formula is C18H10Cl4N2O5S2. The van der Waals surface area contributed by atoms with E-state index in [4.69, 9.17) is 46.4 Å². The van der Waals surface area contributed by atoms with Crippen molar-refractivity contribution >= 4 is 77.9 Å². The summed E-state index contributed by atoms with van der Waals surface area (Å²) in [5.41, 5.74) is -0.954. The molecule has 0 spiro atoms. The molecule has 2 aromatic rings. The number of halogens is 4. The standard InChI is InChI=1S/C18H10Cl4N2O5S2/c19-10-1-5-12(6-2-10)30(26,27)23-14-9-15(18(25)17(22)16(14)21)24-31(28,29)13-7-3-11(20)4-8-13/h1-9,24H. The Balaban J connectivity index is 2.03. The number of rotatable bonds is 5. The highest BCUT2D eigenvalue weighted by atomic mass is 35.5.